The highest BCUT2D eigenvalue weighted by Gasteiger charge is 2.08. The molecule has 0 aromatic rings. The molecule has 0 amide bonds. The molecular weight excluding hydrogens is 120 g/mol. The van der Waals surface area contributed by atoms with Gasteiger partial charge in [0.15, 0.2) is 0 Å². The second kappa shape index (κ2) is 3.33. The minimum atomic E-state index is 0.578. The number of thioether (sulfide) groups is 1. The monoisotopic (exact) mass is 132 g/mol. The predicted octanol–water partition coefficient (Wildman–Crippen LogP) is -0.350. The number of nitrogens with two attached hydrogens (primary N) is 1. The SMILES string of the molecule is NC[C@H]1CSCCN1. The smallest absolute Gasteiger partial charge is 0.0281 e. The maximum absolute atomic E-state index is 5.43. The maximum atomic E-state index is 5.43. The highest BCUT2D eigenvalue weighted by Crippen LogP contribution is 2.05. The Hall–Kier alpha value is 0.270. The van der Waals surface area contributed by atoms with Crippen molar-refractivity contribution in [3.8, 4) is 0 Å². The summed E-state index contributed by atoms with van der Waals surface area (Å²) in [6.45, 7) is 1.92. The van der Waals surface area contributed by atoms with E-state index in [1.807, 2.05) is 11.8 Å². The molecule has 0 spiro atoms. The molecule has 8 heavy (non-hydrogen) atoms. The normalized spacial score (nSPS) is 30.4. The minimum Gasteiger partial charge on any atom is -0.329 e. The van der Waals surface area contributed by atoms with Crippen molar-refractivity contribution in [2.75, 3.05) is 24.6 Å². The third-order valence-electron chi connectivity index (χ3n) is 1.28. The fraction of sp³-hybridized carbons (Fsp3) is 1.00. The summed E-state index contributed by atoms with van der Waals surface area (Å²) in [6.07, 6.45) is 0. The van der Waals surface area contributed by atoms with Crippen LogP contribution in [0.2, 0.25) is 0 Å². The van der Waals surface area contributed by atoms with E-state index in [4.69, 9.17) is 5.73 Å². The van der Waals surface area contributed by atoms with E-state index in [0.29, 0.717) is 6.04 Å². The van der Waals surface area contributed by atoms with E-state index >= 15 is 0 Å². The Kier molecular flexibility index (Phi) is 2.66. The van der Waals surface area contributed by atoms with E-state index in [1.165, 1.54) is 11.5 Å². The molecule has 3 heteroatoms. The molecule has 0 saturated carbocycles. The molecule has 48 valence electrons. The quantitative estimate of drug-likeness (QED) is 0.512. The van der Waals surface area contributed by atoms with Crippen molar-refractivity contribution < 1.29 is 0 Å². The second-order valence-corrected chi connectivity index (χ2v) is 3.11. The Bertz CT molecular complexity index is 61.4. The van der Waals surface area contributed by atoms with Crippen LogP contribution in [0.3, 0.4) is 0 Å². The Labute approximate surface area is 54.2 Å². The predicted molar refractivity (Wildman–Crippen MR) is 38.2 cm³/mol. The summed E-state index contributed by atoms with van der Waals surface area (Å²) in [4.78, 5) is 0. The molecule has 1 saturated heterocycles. The van der Waals surface area contributed by atoms with E-state index in [-0.39, 0.29) is 0 Å². The number of nitrogens with one attached hydrogen (secondary N) is 1. The molecule has 1 atom stereocenters. The lowest BCUT2D eigenvalue weighted by Crippen LogP contribution is -2.42. The van der Waals surface area contributed by atoms with Crippen LogP contribution >= 0.6 is 11.8 Å². The average molecular weight is 132 g/mol. The van der Waals surface area contributed by atoms with Gasteiger partial charge in [-0.3, -0.25) is 0 Å². The number of hydrogen-bond donors (Lipinski definition) is 2. The first-order chi connectivity index (χ1) is 3.93. The van der Waals surface area contributed by atoms with Crippen molar-refractivity contribution in [1.29, 1.82) is 0 Å². The van der Waals surface area contributed by atoms with E-state index in [9.17, 15) is 0 Å². The van der Waals surface area contributed by atoms with Crippen LogP contribution in [0.4, 0.5) is 0 Å². The van der Waals surface area contributed by atoms with Crippen molar-refractivity contribution in [2.24, 2.45) is 5.73 Å². The van der Waals surface area contributed by atoms with E-state index in [0.717, 1.165) is 13.1 Å². The van der Waals surface area contributed by atoms with Crippen LogP contribution in [0, 0.1) is 0 Å². The molecule has 1 rings (SSSR count). The van der Waals surface area contributed by atoms with Crippen LogP contribution in [-0.2, 0) is 0 Å². The first-order valence-electron chi connectivity index (χ1n) is 2.94. The van der Waals surface area contributed by atoms with Crippen molar-refractivity contribution in [2.45, 2.75) is 6.04 Å². The largest absolute Gasteiger partial charge is 0.329 e. The zero-order valence-electron chi connectivity index (χ0n) is 4.89. The maximum Gasteiger partial charge on any atom is 0.0281 e. The highest BCUT2D eigenvalue weighted by atomic mass is 32.2. The van der Waals surface area contributed by atoms with Crippen molar-refractivity contribution in [3.05, 3.63) is 0 Å². The molecule has 1 aliphatic heterocycles. The third kappa shape index (κ3) is 1.65. The van der Waals surface area contributed by atoms with Crippen LogP contribution in [-0.4, -0.2) is 30.6 Å². The summed E-state index contributed by atoms with van der Waals surface area (Å²) < 4.78 is 0. The Morgan fingerprint density at radius 2 is 2.62 bits per heavy atom. The van der Waals surface area contributed by atoms with Crippen LogP contribution in [0.5, 0.6) is 0 Å². The topological polar surface area (TPSA) is 38.0 Å². The van der Waals surface area contributed by atoms with Gasteiger partial charge in [0.25, 0.3) is 0 Å². The first-order valence-corrected chi connectivity index (χ1v) is 4.10. The number of rotatable bonds is 1. The van der Waals surface area contributed by atoms with Crippen LogP contribution in [0.25, 0.3) is 0 Å². The van der Waals surface area contributed by atoms with Gasteiger partial charge in [0, 0.05) is 30.6 Å². The van der Waals surface area contributed by atoms with Gasteiger partial charge in [0.2, 0.25) is 0 Å². The van der Waals surface area contributed by atoms with Gasteiger partial charge in [0.1, 0.15) is 0 Å². The van der Waals surface area contributed by atoms with Gasteiger partial charge in [0.05, 0.1) is 0 Å². The minimum absolute atomic E-state index is 0.578. The summed E-state index contributed by atoms with van der Waals surface area (Å²) in [7, 11) is 0. The van der Waals surface area contributed by atoms with Crippen molar-refractivity contribution >= 4 is 11.8 Å². The first kappa shape index (κ1) is 6.39. The summed E-state index contributed by atoms with van der Waals surface area (Å²) in [5.41, 5.74) is 5.43. The van der Waals surface area contributed by atoms with Crippen LogP contribution in [0.1, 0.15) is 0 Å². The van der Waals surface area contributed by atoms with Gasteiger partial charge in [-0.25, -0.2) is 0 Å². The van der Waals surface area contributed by atoms with E-state index in [2.05, 4.69) is 5.32 Å². The molecule has 1 heterocycles. The Balaban J connectivity index is 2.13. The fourth-order valence-electron chi connectivity index (χ4n) is 0.771. The highest BCUT2D eigenvalue weighted by molar-refractivity contribution is 7.99. The molecule has 0 aliphatic carbocycles. The fourth-order valence-corrected chi connectivity index (χ4v) is 1.74. The zero-order valence-corrected chi connectivity index (χ0v) is 5.71. The standard InChI is InChI=1S/C5H12N2S/c6-3-5-4-8-2-1-7-5/h5,7H,1-4,6H2/t5-/m0/s1. The van der Waals surface area contributed by atoms with Gasteiger partial charge < -0.3 is 11.1 Å². The van der Waals surface area contributed by atoms with Gasteiger partial charge in [-0.05, 0) is 0 Å². The summed E-state index contributed by atoms with van der Waals surface area (Å²) in [5.74, 6) is 2.44. The lowest BCUT2D eigenvalue weighted by atomic mass is 10.3. The lowest BCUT2D eigenvalue weighted by molar-refractivity contribution is 0.574. The van der Waals surface area contributed by atoms with Crippen molar-refractivity contribution in [1.82, 2.24) is 5.32 Å². The molecule has 0 radical (unpaired) electrons. The summed E-state index contributed by atoms with van der Waals surface area (Å²) in [5, 5.41) is 3.32. The molecule has 3 N–H and O–H groups in total. The van der Waals surface area contributed by atoms with Gasteiger partial charge >= 0.3 is 0 Å². The van der Waals surface area contributed by atoms with E-state index in [1.54, 1.807) is 0 Å². The average Bonchev–Trinajstić information content (AvgIpc) is 1.90. The Morgan fingerprint density at radius 3 is 3.00 bits per heavy atom. The second-order valence-electron chi connectivity index (χ2n) is 1.96. The lowest BCUT2D eigenvalue weighted by Gasteiger charge is -2.20. The van der Waals surface area contributed by atoms with Gasteiger partial charge in [-0.2, -0.15) is 11.8 Å². The molecule has 0 aromatic carbocycles. The van der Waals surface area contributed by atoms with Crippen molar-refractivity contribution in [3.63, 3.8) is 0 Å². The molecule has 0 bridgehead atoms. The molecule has 1 fully saturated rings. The third-order valence-corrected chi connectivity index (χ3v) is 2.41. The van der Waals surface area contributed by atoms with E-state index < -0.39 is 0 Å². The zero-order chi connectivity index (χ0) is 5.82. The number of hydrogen-bond acceptors (Lipinski definition) is 3. The molecule has 0 aromatic heterocycles. The summed E-state index contributed by atoms with van der Waals surface area (Å²) in [6, 6.07) is 0.578. The Morgan fingerprint density at radius 1 is 1.75 bits per heavy atom. The van der Waals surface area contributed by atoms with Gasteiger partial charge in [-0.1, -0.05) is 0 Å². The van der Waals surface area contributed by atoms with Gasteiger partial charge in [-0.15, -0.1) is 0 Å². The molecule has 0 unspecified atom stereocenters. The van der Waals surface area contributed by atoms with Crippen LogP contribution < -0.4 is 11.1 Å². The van der Waals surface area contributed by atoms with Crippen LogP contribution in [0.15, 0.2) is 0 Å². The molecule has 1 aliphatic rings. The summed E-state index contributed by atoms with van der Waals surface area (Å²) >= 11 is 1.99. The molecular formula is C5H12N2S. The molecule has 2 nitrogen and oxygen atoms in total.